The molecule has 7 heteroatoms. The van der Waals surface area contributed by atoms with E-state index in [-0.39, 0.29) is 0 Å². The molecule has 1 aliphatic rings. The Morgan fingerprint density at radius 2 is 2.08 bits per heavy atom. The summed E-state index contributed by atoms with van der Waals surface area (Å²) in [4.78, 5) is 7.64. The van der Waals surface area contributed by atoms with E-state index in [1.54, 1.807) is 11.3 Å². The number of hydrogen-bond donors (Lipinski definition) is 0. The van der Waals surface area contributed by atoms with Crippen molar-refractivity contribution in [2.24, 2.45) is 0 Å². The van der Waals surface area contributed by atoms with Gasteiger partial charge < -0.3 is 0 Å². The molecule has 0 N–H and O–H groups in total. The van der Waals surface area contributed by atoms with Gasteiger partial charge in [0.05, 0.1) is 16.9 Å². The highest BCUT2D eigenvalue weighted by Crippen LogP contribution is 2.30. The maximum absolute atomic E-state index is 5.73. The van der Waals surface area contributed by atoms with Crippen molar-refractivity contribution in [3.05, 3.63) is 59.1 Å². The highest BCUT2D eigenvalue weighted by molar-refractivity contribution is 7.71. The van der Waals surface area contributed by atoms with Crippen molar-refractivity contribution >= 4 is 38.7 Å². The number of aromatic nitrogens is 4. The summed E-state index contributed by atoms with van der Waals surface area (Å²) < 4.78 is 6.04. The van der Waals surface area contributed by atoms with Crippen molar-refractivity contribution < 1.29 is 0 Å². The van der Waals surface area contributed by atoms with Gasteiger partial charge in [-0.2, -0.15) is 0 Å². The lowest BCUT2D eigenvalue weighted by atomic mass is 10.2. The number of thiazole rings is 1. The lowest BCUT2D eigenvalue weighted by Gasteiger charge is -2.21. The first-order valence-electron chi connectivity index (χ1n) is 8.40. The molecule has 3 heterocycles. The van der Waals surface area contributed by atoms with Gasteiger partial charge >= 0.3 is 0 Å². The van der Waals surface area contributed by atoms with Crippen molar-refractivity contribution in [2.75, 3.05) is 0 Å². The van der Waals surface area contributed by atoms with Gasteiger partial charge in [0.1, 0.15) is 0 Å². The molecule has 1 aliphatic carbocycles. The third kappa shape index (κ3) is 2.78. The highest BCUT2D eigenvalue weighted by Gasteiger charge is 2.29. The van der Waals surface area contributed by atoms with Gasteiger partial charge in [-0.25, -0.2) is 4.68 Å². The molecule has 0 spiro atoms. The smallest absolute Gasteiger partial charge is 0.216 e. The fraction of sp³-hybridized carbons (Fsp3) is 0.278. The van der Waals surface area contributed by atoms with E-state index >= 15 is 0 Å². The van der Waals surface area contributed by atoms with Gasteiger partial charge in [0.25, 0.3) is 0 Å². The molecule has 0 amide bonds. The van der Waals surface area contributed by atoms with Gasteiger partial charge in [0.15, 0.2) is 0 Å². The van der Waals surface area contributed by atoms with Crippen LogP contribution in [-0.2, 0) is 13.2 Å². The minimum atomic E-state index is 0.624. The summed E-state index contributed by atoms with van der Waals surface area (Å²) in [6.45, 7) is 1.60. The van der Waals surface area contributed by atoms with Crippen LogP contribution in [0.25, 0.3) is 15.2 Å². The number of para-hydroxylation sites is 1. The Balaban J connectivity index is 1.49. The Bertz CT molecular complexity index is 1090. The zero-order chi connectivity index (χ0) is 16.8. The molecular formula is C18H17N5S2. The Morgan fingerprint density at radius 1 is 1.20 bits per heavy atom. The van der Waals surface area contributed by atoms with Crippen molar-refractivity contribution in [1.82, 2.24) is 24.1 Å². The molecule has 5 rings (SSSR count). The van der Waals surface area contributed by atoms with E-state index in [2.05, 4.69) is 38.6 Å². The van der Waals surface area contributed by atoms with Crippen LogP contribution in [0.4, 0.5) is 0 Å². The lowest BCUT2D eigenvalue weighted by Crippen LogP contribution is -2.29. The van der Waals surface area contributed by atoms with Gasteiger partial charge in [-0.05, 0) is 48.8 Å². The largest absolute Gasteiger partial charge is 0.277 e. The summed E-state index contributed by atoms with van der Waals surface area (Å²) >= 11 is 7.42. The minimum Gasteiger partial charge on any atom is -0.277 e. The third-order valence-corrected chi connectivity index (χ3v) is 6.01. The Hall–Kier alpha value is -2.09. The maximum Gasteiger partial charge on any atom is 0.216 e. The van der Waals surface area contributed by atoms with Crippen molar-refractivity contribution in [3.63, 3.8) is 0 Å². The molecule has 0 radical (unpaired) electrons. The summed E-state index contributed by atoms with van der Waals surface area (Å²) in [5.41, 5.74) is 2.37. The quantitative estimate of drug-likeness (QED) is 0.498. The molecule has 25 heavy (non-hydrogen) atoms. The zero-order valence-corrected chi connectivity index (χ0v) is 15.2. The number of pyridine rings is 1. The van der Waals surface area contributed by atoms with Gasteiger partial charge in [-0.1, -0.05) is 29.5 Å². The number of fused-ring (bicyclic) bond motifs is 3. The molecule has 3 aromatic heterocycles. The molecule has 1 fully saturated rings. The fourth-order valence-electron chi connectivity index (χ4n) is 3.21. The predicted octanol–water partition coefficient (Wildman–Crippen LogP) is 4.10. The maximum atomic E-state index is 5.73. The van der Waals surface area contributed by atoms with E-state index < -0.39 is 0 Å². The van der Waals surface area contributed by atoms with Crippen LogP contribution in [0, 0.1) is 4.77 Å². The second-order valence-corrected chi connectivity index (χ2v) is 7.82. The summed E-state index contributed by atoms with van der Waals surface area (Å²) in [5.74, 6) is 0. The van der Waals surface area contributed by atoms with Crippen LogP contribution in [0.1, 0.15) is 18.4 Å². The fourth-order valence-corrected chi connectivity index (χ4v) is 4.58. The van der Waals surface area contributed by atoms with Crippen molar-refractivity contribution in [2.45, 2.75) is 32.1 Å². The van der Waals surface area contributed by atoms with E-state index in [0.717, 1.165) is 28.5 Å². The molecular weight excluding hydrogens is 350 g/mol. The molecule has 0 saturated heterocycles. The normalized spacial score (nSPS) is 14.8. The summed E-state index contributed by atoms with van der Waals surface area (Å²) in [6.07, 6.45) is 6.25. The Morgan fingerprint density at radius 3 is 2.88 bits per heavy atom. The number of rotatable bonds is 5. The SMILES string of the molecule is S=c1n(CN(Cc2cccnc2)C2CC2)nc2sc3ccccc3n12. The van der Waals surface area contributed by atoms with Crippen molar-refractivity contribution in [3.8, 4) is 0 Å². The molecule has 0 atom stereocenters. The van der Waals surface area contributed by atoms with Crippen LogP contribution in [0.3, 0.4) is 0 Å². The zero-order valence-electron chi connectivity index (χ0n) is 13.6. The third-order valence-electron chi connectivity index (χ3n) is 4.60. The molecule has 0 unspecified atom stereocenters. The van der Waals surface area contributed by atoms with E-state index in [1.165, 1.54) is 23.1 Å². The number of nitrogens with zero attached hydrogens (tertiary/aromatic N) is 5. The second kappa shape index (κ2) is 6.01. The van der Waals surface area contributed by atoms with Gasteiger partial charge in [0, 0.05) is 25.0 Å². The van der Waals surface area contributed by atoms with Crippen LogP contribution < -0.4 is 0 Å². The Labute approximate surface area is 154 Å². The van der Waals surface area contributed by atoms with E-state index in [1.807, 2.05) is 29.2 Å². The van der Waals surface area contributed by atoms with Gasteiger partial charge in [-0.3, -0.25) is 14.3 Å². The second-order valence-electron chi connectivity index (χ2n) is 6.45. The molecule has 0 aliphatic heterocycles. The molecule has 5 nitrogen and oxygen atoms in total. The van der Waals surface area contributed by atoms with E-state index in [9.17, 15) is 0 Å². The summed E-state index contributed by atoms with van der Waals surface area (Å²) in [6, 6.07) is 13.1. The van der Waals surface area contributed by atoms with Crippen LogP contribution in [-0.4, -0.2) is 30.1 Å². The standard InChI is InChI=1S/C18H17N5S2/c24-18-22(20-17-23(18)15-5-1-2-6-16(15)25-17)12-21(14-7-8-14)11-13-4-3-9-19-10-13/h1-6,9-10,14H,7-8,11-12H2. The first-order chi connectivity index (χ1) is 12.3. The summed E-state index contributed by atoms with van der Waals surface area (Å²) in [7, 11) is 0. The first kappa shape index (κ1) is 15.2. The van der Waals surface area contributed by atoms with Crippen LogP contribution >= 0.6 is 23.6 Å². The number of hydrogen-bond acceptors (Lipinski definition) is 5. The topological polar surface area (TPSA) is 38.4 Å². The molecule has 0 bridgehead atoms. The average Bonchev–Trinajstić information content (AvgIpc) is 3.35. The molecule has 1 saturated carbocycles. The molecule has 1 aromatic carbocycles. The van der Waals surface area contributed by atoms with Gasteiger partial charge in [-0.15, -0.1) is 5.10 Å². The van der Waals surface area contributed by atoms with E-state index in [4.69, 9.17) is 17.3 Å². The average molecular weight is 368 g/mol. The van der Waals surface area contributed by atoms with Crippen LogP contribution in [0.2, 0.25) is 0 Å². The minimum absolute atomic E-state index is 0.624. The lowest BCUT2D eigenvalue weighted by molar-refractivity contribution is 0.187. The van der Waals surface area contributed by atoms with Gasteiger partial charge in [0.2, 0.25) is 9.73 Å². The van der Waals surface area contributed by atoms with Crippen LogP contribution in [0.15, 0.2) is 48.8 Å². The van der Waals surface area contributed by atoms with E-state index in [0.29, 0.717) is 6.04 Å². The predicted molar refractivity (Wildman–Crippen MR) is 102 cm³/mol. The summed E-state index contributed by atoms with van der Waals surface area (Å²) in [5, 5.41) is 4.78. The Kier molecular flexibility index (Phi) is 3.65. The molecule has 4 aromatic rings. The molecule has 126 valence electrons. The highest BCUT2D eigenvalue weighted by atomic mass is 32.1. The van der Waals surface area contributed by atoms with Crippen LogP contribution in [0.5, 0.6) is 0 Å². The monoisotopic (exact) mass is 367 g/mol. The first-order valence-corrected chi connectivity index (χ1v) is 9.62. The van der Waals surface area contributed by atoms with Crippen molar-refractivity contribution in [1.29, 1.82) is 0 Å². The number of benzene rings is 1.